The van der Waals surface area contributed by atoms with E-state index >= 15 is 0 Å². The number of benzene rings is 1. The maximum absolute atomic E-state index is 5.98. The first-order valence-corrected chi connectivity index (χ1v) is 7.59. The van der Waals surface area contributed by atoms with Gasteiger partial charge in [-0.2, -0.15) is 0 Å². The quantitative estimate of drug-likeness (QED) is 0.407. The van der Waals surface area contributed by atoms with Crippen molar-refractivity contribution in [1.82, 2.24) is 15.5 Å². The molecule has 0 saturated heterocycles. The summed E-state index contributed by atoms with van der Waals surface area (Å²) < 4.78 is 0. The van der Waals surface area contributed by atoms with E-state index in [1.807, 2.05) is 18.2 Å². The van der Waals surface area contributed by atoms with Crippen LogP contribution in [-0.2, 0) is 6.42 Å². The van der Waals surface area contributed by atoms with E-state index in [1.54, 1.807) is 7.05 Å². The fourth-order valence-electron chi connectivity index (χ4n) is 1.70. The Kier molecular flexibility index (Phi) is 10.0. The zero-order valence-corrected chi connectivity index (χ0v) is 17.2. The van der Waals surface area contributed by atoms with Crippen LogP contribution < -0.4 is 10.6 Å². The van der Waals surface area contributed by atoms with Gasteiger partial charge in [-0.1, -0.05) is 23.7 Å². The van der Waals surface area contributed by atoms with Crippen molar-refractivity contribution in [3.05, 3.63) is 34.9 Å². The highest BCUT2D eigenvalue weighted by Gasteiger charge is 2.20. The maximum atomic E-state index is 5.98. The third kappa shape index (κ3) is 7.65. The Morgan fingerprint density at radius 2 is 1.95 bits per heavy atom. The Balaban J connectivity index is 0.00000441. The molecule has 2 N–H and O–H groups in total. The highest BCUT2D eigenvalue weighted by atomic mass is 127. The second-order valence-electron chi connectivity index (χ2n) is 5.94. The smallest absolute Gasteiger partial charge is 0.191 e. The average Bonchev–Trinajstić information content (AvgIpc) is 2.42. The number of likely N-dealkylation sites (N-methyl/N-ethyl adjacent to an activating group) is 1. The van der Waals surface area contributed by atoms with Crippen LogP contribution in [0.2, 0.25) is 5.02 Å². The van der Waals surface area contributed by atoms with Gasteiger partial charge in [-0.15, -0.1) is 24.0 Å². The normalized spacial score (nSPS) is 12.0. The summed E-state index contributed by atoms with van der Waals surface area (Å²) in [5.41, 5.74) is 1.30. The predicted molar refractivity (Wildman–Crippen MR) is 108 cm³/mol. The van der Waals surface area contributed by atoms with Crippen LogP contribution in [0.25, 0.3) is 0 Å². The fourth-order valence-corrected chi connectivity index (χ4v) is 1.91. The first kappa shape index (κ1) is 21.5. The number of hydrogen-bond donors (Lipinski definition) is 2. The van der Waals surface area contributed by atoms with Gasteiger partial charge in [0.2, 0.25) is 0 Å². The van der Waals surface area contributed by atoms with E-state index in [9.17, 15) is 0 Å². The second kappa shape index (κ2) is 10.3. The first-order valence-electron chi connectivity index (χ1n) is 7.21. The zero-order valence-electron chi connectivity index (χ0n) is 14.1. The molecule has 6 heteroatoms. The van der Waals surface area contributed by atoms with Crippen LogP contribution in [0.5, 0.6) is 0 Å². The Morgan fingerprint density at radius 1 is 1.27 bits per heavy atom. The van der Waals surface area contributed by atoms with Gasteiger partial charge in [-0.05, 0) is 52.1 Å². The predicted octanol–water partition coefficient (Wildman–Crippen LogP) is 3.01. The van der Waals surface area contributed by atoms with Gasteiger partial charge in [0.25, 0.3) is 0 Å². The number of nitrogens with one attached hydrogen (secondary N) is 2. The van der Waals surface area contributed by atoms with E-state index in [0.717, 1.165) is 30.5 Å². The standard InChI is InChI=1S/C16H27ClN4.HI/c1-16(2,21(4)5)12-20-15(18-3)19-10-9-13-7-6-8-14(17)11-13;/h6-8,11H,9-10,12H2,1-5H3,(H2,18,19,20);1H. The zero-order chi connectivity index (χ0) is 15.9. The largest absolute Gasteiger partial charge is 0.356 e. The molecule has 0 aliphatic heterocycles. The lowest BCUT2D eigenvalue weighted by Gasteiger charge is -2.33. The minimum absolute atomic E-state index is 0. The molecule has 0 heterocycles. The molecule has 0 spiro atoms. The van der Waals surface area contributed by atoms with Gasteiger partial charge in [0.15, 0.2) is 5.96 Å². The second-order valence-corrected chi connectivity index (χ2v) is 6.38. The van der Waals surface area contributed by atoms with Crippen molar-refractivity contribution >= 4 is 41.5 Å². The molecule has 126 valence electrons. The Hall–Kier alpha value is -0.530. The molecule has 1 aromatic carbocycles. The molecule has 0 radical (unpaired) electrons. The van der Waals surface area contributed by atoms with Crippen LogP contribution >= 0.6 is 35.6 Å². The number of aliphatic imine (C=N–C) groups is 1. The molecule has 0 unspecified atom stereocenters. The van der Waals surface area contributed by atoms with Gasteiger partial charge in [-0.3, -0.25) is 4.99 Å². The molecule has 0 aromatic heterocycles. The van der Waals surface area contributed by atoms with E-state index in [1.165, 1.54) is 5.56 Å². The molecule has 0 atom stereocenters. The summed E-state index contributed by atoms with van der Waals surface area (Å²) in [5.74, 6) is 0.826. The number of guanidine groups is 1. The number of rotatable bonds is 6. The van der Waals surface area contributed by atoms with Crippen LogP contribution in [-0.4, -0.2) is 50.6 Å². The van der Waals surface area contributed by atoms with Gasteiger partial charge in [0.1, 0.15) is 0 Å². The summed E-state index contributed by atoms with van der Waals surface area (Å²) in [7, 11) is 5.95. The molecule has 0 aliphatic rings. The highest BCUT2D eigenvalue weighted by molar-refractivity contribution is 14.0. The molecule has 22 heavy (non-hydrogen) atoms. The van der Waals surface area contributed by atoms with E-state index in [-0.39, 0.29) is 29.5 Å². The third-order valence-electron chi connectivity index (χ3n) is 3.72. The Labute approximate surface area is 156 Å². The Bertz CT molecular complexity index is 475. The monoisotopic (exact) mass is 438 g/mol. The molecule has 0 fully saturated rings. The minimum Gasteiger partial charge on any atom is -0.356 e. The molecule has 0 saturated carbocycles. The molecule has 4 nitrogen and oxygen atoms in total. The van der Waals surface area contributed by atoms with Gasteiger partial charge in [-0.25, -0.2) is 0 Å². The van der Waals surface area contributed by atoms with Crippen LogP contribution in [0.4, 0.5) is 0 Å². The van der Waals surface area contributed by atoms with E-state index in [4.69, 9.17) is 11.6 Å². The number of nitrogens with zero attached hydrogens (tertiary/aromatic N) is 2. The van der Waals surface area contributed by atoms with Gasteiger partial charge >= 0.3 is 0 Å². The third-order valence-corrected chi connectivity index (χ3v) is 3.95. The molecule has 0 bridgehead atoms. The van der Waals surface area contributed by atoms with E-state index in [0.29, 0.717) is 0 Å². The lowest BCUT2D eigenvalue weighted by atomic mass is 10.0. The van der Waals surface area contributed by atoms with Gasteiger partial charge in [0, 0.05) is 30.7 Å². The van der Waals surface area contributed by atoms with E-state index < -0.39 is 0 Å². The summed E-state index contributed by atoms with van der Waals surface area (Å²) in [6.45, 7) is 6.04. The molecule has 0 aliphatic carbocycles. The number of halogens is 2. The van der Waals surface area contributed by atoms with Crippen LogP contribution in [0.1, 0.15) is 19.4 Å². The fraction of sp³-hybridized carbons (Fsp3) is 0.562. The van der Waals surface area contributed by atoms with Crippen LogP contribution in [0.3, 0.4) is 0 Å². The lowest BCUT2D eigenvalue weighted by molar-refractivity contribution is 0.197. The van der Waals surface area contributed by atoms with Crippen molar-refractivity contribution in [2.24, 2.45) is 4.99 Å². The van der Waals surface area contributed by atoms with Crippen molar-refractivity contribution in [3.63, 3.8) is 0 Å². The molecule has 1 aromatic rings. The van der Waals surface area contributed by atoms with Crippen molar-refractivity contribution in [2.45, 2.75) is 25.8 Å². The Morgan fingerprint density at radius 3 is 2.50 bits per heavy atom. The maximum Gasteiger partial charge on any atom is 0.191 e. The van der Waals surface area contributed by atoms with Gasteiger partial charge < -0.3 is 15.5 Å². The molecule has 1 rings (SSSR count). The molecule has 0 amide bonds. The van der Waals surface area contributed by atoms with Crippen LogP contribution in [0.15, 0.2) is 29.3 Å². The SMILES string of the molecule is CN=C(NCCc1cccc(Cl)c1)NCC(C)(C)N(C)C.I. The average molecular weight is 439 g/mol. The number of hydrogen-bond acceptors (Lipinski definition) is 2. The van der Waals surface area contributed by atoms with Crippen molar-refractivity contribution in [2.75, 3.05) is 34.2 Å². The summed E-state index contributed by atoms with van der Waals surface area (Å²) in [4.78, 5) is 6.44. The van der Waals surface area contributed by atoms with Gasteiger partial charge in [0.05, 0.1) is 0 Å². The summed E-state index contributed by atoms with van der Waals surface area (Å²) in [6, 6.07) is 7.94. The van der Waals surface area contributed by atoms with Crippen LogP contribution in [0, 0.1) is 0 Å². The van der Waals surface area contributed by atoms with E-state index in [2.05, 4.69) is 54.5 Å². The van der Waals surface area contributed by atoms with Crippen molar-refractivity contribution in [3.8, 4) is 0 Å². The van der Waals surface area contributed by atoms with Crippen molar-refractivity contribution < 1.29 is 0 Å². The summed E-state index contributed by atoms with van der Waals surface area (Å²) in [5, 5.41) is 7.47. The van der Waals surface area contributed by atoms with Crippen molar-refractivity contribution in [1.29, 1.82) is 0 Å². The lowest BCUT2D eigenvalue weighted by Crippen LogP contribution is -2.51. The highest BCUT2D eigenvalue weighted by Crippen LogP contribution is 2.10. The topological polar surface area (TPSA) is 39.7 Å². The summed E-state index contributed by atoms with van der Waals surface area (Å²) >= 11 is 5.98. The molecular weight excluding hydrogens is 411 g/mol. The summed E-state index contributed by atoms with van der Waals surface area (Å²) in [6.07, 6.45) is 0.915. The first-order chi connectivity index (χ1) is 9.85. The minimum atomic E-state index is 0. The molecular formula is C16H28ClIN4.